The summed E-state index contributed by atoms with van der Waals surface area (Å²) in [4.78, 5) is 0. The van der Waals surface area contributed by atoms with Crippen molar-refractivity contribution >= 4 is 0 Å². The predicted octanol–water partition coefficient (Wildman–Crippen LogP) is 4.09. The zero-order chi connectivity index (χ0) is 12.8. The van der Waals surface area contributed by atoms with Crippen LogP contribution in [0.4, 0.5) is 0 Å². The molecule has 102 valence electrons. The summed E-state index contributed by atoms with van der Waals surface area (Å²) in [6, 6.07) is 0. The summed E-state index contributed by atoms with van der Waals surface area (Å²) in [6.07, 6.45) is 4.40. The van der Waals surface area contributed by atoms with Gasteiger partial charge in [0.1, 0.15) is 0 Å². The Balaban J connectivity index is 0.000000171. The van der Waals surface area contributed by atoms with Gasteiger partial charge in [0.25, 0.3) is 0 Å². The van der Waals surface area contributed by atoms with Crippen LogP contribution in [0.5, 0.6) is 0 Å². The Labute approximate surface area is 107 Å². The van der Waals surface area contributed by atoms with Crippen molar-refractivity contribution in [2.24, 2.45) is 23.7 Å². The molecule has 2 fully saturated rings. The van der Waals surface area contributed by atoms with Crippen molar-refractivity contribution in [2.45, 2.75) is 60.2 Å². The third kappa shape index (κ3) is 5.87. The van der Waals surface area contributed by atoms with Crippen molar-refractivity contribution in [3.8, 4) is 0 Å². The van der Waals surface area contributed by atoms with Crippen LogP contribution in [0.1, 0.15) is 53.9 Å². The summed E-state index contributed by atoms with van der Waals surface area (Å²) < 4.78 is 10.3. The van der Waals surface area contributed by atoms with Crippen molar-refractivity contribution in [1.29, 1.82) is 0 Å². The Hall–Kier alpha value is -0.0800. The first-order valence-electron chi connectivity index (χ1n) is 7.22. The average Bonchev–Trinajstić information content (AvgIpc) is 2.29. The molecule has 1 aliphatic heterocycles. The molecule has 3 atom stereocenters. The van der Waals surface area contributed by atoms with E-state index in [1.807, 2.05) is 6.92 Å². The standard InChI is InChI=1S/C9H18.C6H12O2/c1-7-4-5-8(2)9(3)6-7;1-5-3-7-6(2)8-4-5/h7-9H,4-6H2,1-3H3;5-6H,3-4H2,1-2H3. The van der Waals surface area contributed by atoms with Crippen LogP contribution in [0, 0.1) is 23.7 Å². The molecule has 1 aliphatic carbocycles. The van der Waals surface area contributed by atoms with E-state index in [-0.39, 0.29) is 6.29 Å². The van der Waals surface area contributed by atoms with Gasteiger partial charge in [0.05, 0.1) is 13.2 Å². The molecule has 2 heteroatoms. The van der Waals surface area contributed by atoms with Gasteiger partial charge in [-0.3, -0.25) is 0 Å². The molecule has 0 aromatic rings. The van der Waals surface area contributed by atoms with Gasteiger partial charge in [-0.1, -0.05) is 40.5 Å². The Morgan fingerprint density at radius 1 is 0.706 bits per heavy atom. The normalized spacial score (nSPS) is 42.5. The summed E-state index contributed by atoms with van der Waals surface area (Å²) >= 11 is 0. The van der Waals surface area contributed by atoms with Gasteiger partial charge >= 0.3 is 0 Å². The van der Waals surface area contributed by atoms with Crippen molar-refractivity contribution in [3.63, 3.8) is 0 Å². The molecular weight excluding hydrogens is 212 g/mol. The molecule has 0 radical (unpaired) electrons. The van der Waals surface area contributed by atoms with Crippen LogP contribution in [0.2, 0.25) is 0 Å². The maximum absolute atomic E-state index is 5.17. The summed E-state index contributed by atoms with van der Waals surface area (Å²) in [5.74, 6) is 3.54. The van der Waals surface area contributed by atoms with Crippen LogP contribution in [-0.4, -0.2) is 19.5 Å². The fraction of sp³-hybridized carbons (Fsp3) is 1.00. The van der Waals surface area contributed by atoms with Gasteiger partial charge in [-0.05, 0) is 31.1 Å². The molecule has 0 bridgehead atoms. The van der Waals surface area contributed by atoms with Crippen molar-refractivity contribution in [1.82, 2.24) is 0 Å². The van der Waals surface area contributed by atoms with E-state index in [0.717, 1.165) is 31.0 Å². The molecule has 1 saturated carbocycles. The third-order valence-electron chi connectivity index (χ3n) is 4.09. The lowest BCUT2D eigenvalue weighted by Gasteiger charge is -2.29. The molecule has 0 aromatic heterocycles. The third-order valence-corrected chi connectivity index (χ3v) is 4.09. The highest BCUT2D eigenvalue weighted by molar-refractivity contribution is 4.72. The van der Waals surface area contributed by atoms with E-state index < -0.39 is 0 Å². The van der Waals surface area contributed by atoms with Crippen molar-refractivity contribution in [3.05, 3.63) is 0 Å². The van der Waals surface area contributed by atoms with Crippen LogP contribution in [0.25, 0.3) is 0 Å². The molecule has 17 heavy (non-hydrogen) atoms. The SMILES string of the molecule is CC1CCC(C)C(C)C1.CC1COC(C)OC1. The highest BCUT2D eigenvalue weighted by Gasteiger charge is 2.20. The quantitative estimate of drug-likeness (QED) is 0.637. The van der Waals surface area contributed by atoms with E-state index in [1.165, 1.54) is 19.3 Å². The van der Waals surface area contributed by atoms with Gasteiger partial charge in [0.2, 0.25) is 0 Å². The van der Waals surface area contributed by atoms with E-state index >= 15 is 0 Å². The maximum atomic E-state index is 5.17. The maximum Gasteiger partial charge on any atom is 0.154 e. The number of rotatable bonds is 0. The first-order valence-corrected chi connectivity index (χ1v) is 7.22. The second-order valence-corrected chi connectivity index (χ2v) is 6.21. The Kier molecular flexibility index (Phi) is 6.50. The molecule has 2 nitrogen and oxygen atoms in total. The zero-order valence-electron chi connectivity index (χ0n) is 12.2. The second-order valence-electron chi connectivity index (χ2n) is 6.21. The average molecular weight is 242 g/mol. The second kappa shape index (κ2) is 7.38. The zero-order valence-corrected chi connectivity index (χ0v) is 12.2. The number of hydrogen-bond donors (Lipinski definition) is 0. The Bertz CT molecular complexity index is 187. The fourth-order valence-electron chi connectivity index (χ4n) is 2.51. The van der Waals surface area contributed by atoms with Gasteiger partial charge in [0, 0.05) is 5.92 Å². The van der Waals surface area contributed by atoms with Crippen LogP contribution in [0.15, 0.2) is 0 Å². The van der Waals surface area contributed by atoms with E-state index in [2.05, 4.69) is 27.7 Å². The van der Waals surface area contributed by atoms with Gasteiger partial charge in [-0.15, -0.1) is 0 Å². The lowest BCUT2D eigenvalue weighted by Crippen LogP contribution is -2.27. The molecule has 0 amide bonds. The van der Waals surface area contributed by atoms with Crippen molar-refractivity contribution in [2.75, 3.05) is 13.2 Å². The minimum atomic E-state index is 0.0196. The van der Waals surface area contributed by atoms with Crippen LogP contribution in [-0.2, 0) is 9.47 Å². The van der Waals surface area contributed by atoms with Gasteiger partial charge in [-0.25, -0.2) is 0 Å². The number of ether oxygens (including phenoxy) is 2. The summed E-state index contributed by atoms with van der Waals surface area (Å²) in [5, 5.41) is 0. The largest absolute Gasteiger partial charge is 0.353 e. The van der Waals surface area contributed by atoms with E-state index in [1.54, 1.807) is 0 Å². The molecule has 2 rings (SSSR count). The van der Waals surface area contributed by atoms with E-state index in [0.29, 0.717) is 5.92 Å². The first kappa shape index (κ1) is 15.0. The summed E-state index contributed by atoms with van der Waals surface area (Å²) in [7, 11) is 0. The molecule has 0 N–H and O–H groups in total. The summed E-state index contributed by atoms with van der Waals surface area (Å²) in [5.41, 5.74) is 0. The molecule has 0 aromatic carbocycles. The van der Waals surface area contributed by atoms with Gasteiger partial charge in [-0.2, -0.15) is 0 Å². The molecule has 1 heterocycles. The van der Waals surface area contributed by atoms with Crippen LogP contribution >= 0.6 is 0 Å². The van der Waals surface area contributed by atoms with Gasteiger partial charge in [0.15, 0.2) is 6.29 Å². The predicted molar refractivity (Wildman–Crippen MR) is 71.9 cm³/mol. The molecule has 3 unspecified atom stereocenters. The lowest BCUT2D eigenvalue weighted by molar-refractivity contribution is -0.187. The van der Waals surface area contributed by atoms with Crippen LogP contribution < -0.4 is 0 Å². The topological polar surface area (TPSA) is 18.5 Å². The smallest absolute Gasteiger partial charge is 0.154 e. The Morgan fingerprint density at radius 2 is 1.29 bits per heavy atom. The molecular formula is C15H30O2. The molecule has 0 spiro atoms. The minimum absolute atomic E-state index is 0.0196. The monoisotopic (exact) mass is 242 g/mol. The van der Waals surface area contributed by atoms with E-state index in [4.69, 9.17) is 9.47 Å². The van der Waals surface area contributed by atoms with Gasteiger partial charge < -0.3 is 9.47 Å². The highest BCUT2D eigenvalue weighted by atomic mass is 16.7. The van der Waals surface area contributed by atoms with Crippen molar-refractivity contribution < 1.29 is 9.47 Å². The molecule has 2 aliphatic rings. The number of hydrogen-bond acceptors (Lipinski definition) is 2. The van der Waals surface area contributed by atoms with Crippen LogP contribution in [0.3, 0.4) is 0 Å². The lowest BCUT2D eigenvalue weighted by atomic mass is 9.77. The first-order chi connectivity index (χ1) is 7.99. The minimum Gasteiger partial charge on any atom is -0.353 e. The fourth-order valence-corrected chi connectivity index (χ4v) is 2.51. The molecule has 1 saturated heterocycles. The van der Waals surface area contributed by atoms with E-state index in [9.17, 15) is 0 Å². The Morgan fingerprint density at radius 3 is 1.71 bits per heavy atom. The highest BCUT2D eigenvalue weighted by Crippen LogP contribution is 2.32. The summed E-state index contributed by atoms with van der Waals surface area (Å²) in [6.45, 7) is 12.9.